The van der Waals surface area contributed by atoms with Gasteiger partial charge in [0.1, 0.15) is 17.8 Å². The second-order valence-corrected chi connectivity index (χ2v) is 10.3. The number of hydrogen-bond acceptors (Lipinski definition) is 5. The summed E-state index contributed by atoms with van der Waals surface area (Å²) >= 11 is 0. The highest BCUT2D eigenvalue weighted by molar-refractivity contribution is 6.00. The van der Waals surface area contributed by atoms with Crippen molar-refractivity contribution in [2.75, 3.05) is 13.1 Å². The number of likely N-dealkylation sites (tertiary alicyclic amines) is 2. The molecule has 0 radical (unpaired) electrons. The molecule has 0 bridgehead atoms. The molecule has 7 nitrogen and oxygen atoms in total. The van der Waals surface area contributed by atoms with E-state index in [1.54, 1.807) is 11.0 Å². The molecular formula is C30H32N4O3. The molecule has 0 aliphatic carbocycles. The van der Waals surface area contributed by atoms with Gasteiger partial charge in [0, 0.05) is 17.6 Å². The lowest BCUT2D eigenvalue weighted by molar-refractivity contribution is -0.138. The maximum atomic E-state index is 13.8. The third-order valence-electron chi connectivity index (χ3n) is 7.30. The fourth-order valence-corrected chi connectivity index (χ4v) is 5.53. The normalized spacial score (nSPS) is 19.8. The van der Waals surface area contributed by atoms with Crippen molar-refractivity contribution in [1.29, 1.82) is 0 Å². The number of para-hydroxylation sites is 1. The zero-order valence-electron chi connectivity index (χ0n) is 21.3. The molecule has 0 spiro atoms. The van der Waals surface area contributed by atoms with E-state index in [0.717, 1.165) is 22.2 Å². The van der Waals surface area contributed by atoms with Gasteiger partial charge >= 0.3 is 0 Å². The molecule has 0 saturated carbocycles. The summed E-state index contributed by atoms with van der Waals surface area (Å²) in [6.45, 7) is 8.98. The molecule has 1 N–H and O–H groups in total. The van der Waals surface area contributed by atoms with Crippen LogP contribution in [0.3, 0.4) is 0 Å². The van der Waals surface area contributed by atoms with Crippen LogP contribution in [0, 0.1) is 5.92 Å². The van der Waals surface area contributed by atoms with Gasteiger partial charge in [-0.05, 0) is 36.5 Å². The van der Waals surface area contributed by atoms with Crippen LogP contribution in [0.15, 0.2) is 73.3 Å². The first-order valence-electron chi connectivity index (χ1n) is 12.8. The number of benzene rings is 2. The van der Waals surface area contributed by atoms with Gasteiger partial charge < -0.3 is 15.1 Å². The number of ketones is 1. The standard InChI is InChI=1S/C30H32N4O3/c1-19(2)17-25(32-29(36)24-14-13-22-11-7-8-12-23(22)31-24)30(37)33-16-15-26-28(33)27(35)18-34(26)20(3)21-9-5-4-6-10-21/h4-14,19,25-26,28H,3,15-18H2,1-2H3,(H,32,36)/t25-,26+,28-/m0/s1. The van der Waals surface area contributed by atoms with E-state index >= 15 is 0 Å². The average Bonchev–Trinajstić information content (AvgIpc) is 3.48. The Morgan fingerprint density at radius 1 is 1.03 bits per heavy atom. The summed E-state index contributed by atoms with van der Waals surface area (Å²) in [5.41, 5.74) is 2.75. The highest BCUT2D eigenvalue weighted by atomic mass is 16.2. The predicted molar refractivity (Wildman–Crippen MR) is 144 cm³/mol. The van der Waals surface area contributed by atoms with Gasteiger partial charge in [-0.2, -0.15) is 0 Å². The quantitative estimate of drug-likeness (QED) is 0.536. The van der Waals surface area contributed by atoms with Crippen LogP contribution in [0.5, 0.6) is 0 Å². The number of rotatable bonds is 7. The van der Waals surface area contributed by atoms with Gasteiger partial charge in [-0.15, -0.1) is 0 Å². The maximum absolute atomic E-state index is 13.8. The number of amides is 2. The van der Waals surface area contributed by atoms with E-state index in [4.69, 9.17) is 0 Å². The lowest BCUT2D eigenvalue weighted by Gasteiger charge is -2.29. The molecule has 3 aromatic rings. The molecule has 3 atom stereocenters. The van der Waals surface area contributed by atoms with Crippen molar-refractivity contribution >= 4 is 34.2 Å². The van der Waals surface area contributed by atoms with Crippen molar-refractivity contribution in [3.05, 3.63) is 84.6 Å². The smallest absolute Gasteiger partial charge is 0.270 e. The Bertz CT molecular complexity index is 1350. The van der Waals surface area contributed by atoms with Crippen molar-refractivity contribution in [3.63, 3.8) is 0 Å². The minimum atomic E-state index is -0.737. The molecule has 2 fully saturated rings. The fourth-order valence-electron chi connectivity index (χ4n) is 5.53. The van der Waals surface area contributed by atoms with Gasteiger partial charge in [-0.25, -0.2) is 4.98 Å². The number of carbonyl (C=O) groups excluding carboxylic acids is 3. The highest BCUT2D eigenvalue weighted by Crippen LogP contribution is 2.35. The number of carbonyl (C=O) groups is 3. The number of nitrogens with one attached hydrogen (secondary N) is 1. The van der Waals surface area contributed by atoms with E-state index in [9.17, 15) is 14.4 Å². The fraction of sp³-hybridized carbons (Fsp3) is 0.333. The van der Waals surface area contributed by atoms with E-state index in [1.807, 2.05) is 79.4 Å². The summed E-state index contributed by atoms with van der Waals surface area (Å²) in [5, 5.41) is 3.87. The number of pyridine rings is 1. The van der Waals surface area contributed by atoms with Crippen molar-refractivity contribution in [2.24, 2.45) is 5.92 Å². The second kappa shape index (κ2) is 10.2. The van der Waals surface area contributed by atoms with Crippen LogP contribution < -0.4 is 5.32 Å². The number of hydrogen-bond donors (Lipinski definition) is 1. The molecule has 2 amide bonds. The van der Waals surface area contributed by atoms with Crippen LogP contribution >= 0.6 is 0 Å². The summed E-state index contributed by atoms with van der Waals surface area (Å²) in [6.07, 6.45) is 1.16. The van der Waals surface area contributed by atoms with Crippen LogP contribution in [0.4, 0.5) is 0 Å². The molecule has 37 heavy (non-hydrogen) atoms. The third kappa shape index (κ3) is 4.86. The predicted octanol–water partition coefficient (Wildman–Crippen LogP) is 3.90. The molecule has 190 valence electrons. The number of Topliss-reactive ketones (excluding diaryl/α,β-unsaturated/α-hetero) is 1. The van der Waals surface area contributed by atoms with Crippen molar-refractivity contribution in [3.8, 4) is 0 Å². The van der Waals surface area contributed by atoms with E-state index in [2.05, 4.69) is 16.9 Å². The number of aromatic nitrogens is 1. The lowest BCUT2D eigenvalue weighted by atomic mass is 10.0. The highest BCUT2D eigenvalue weighted by Gasteiger charge is 2.51. The topological polar surface area (TPSA) is 82.6 Å². The molecule has 7 heteroatoms. The van der Waals surface area contributed by atoms with E-state index in [0.29, 0.717) is 19.4 Å². The first-order valence-corrected chi connectivity index (χ1v) is 12.8. The van der Waals surface area contributed by atoms with E-state index in [1.165, 1.54) is 0 Å². The Morgan fingerprint density at radius 2 is 1.76 bits per heavy atom. The Labute approximate surface area is 217 Å². The molecule has 2 aromatic carbocycles. The Morgan fingerprint density at radius 3 is 2.51 bits per heavy atom. The van der Waals surface area contributed by atoms with Crippen molar-refractivity contribution in [1.82, 2.24) is 20.1 Å². The summed E-state index contributed by atoms with van der Waals surface area (Å²) in [5.74, 6) is -0.419. The number of fused-ring (bicyclic) bond motifs is 2. The van der Waals surface area contributed by atoms with E-state index in [-0.39, 0.29) is 35.9 Å². The Hall–Kier alpha value is -4.00. The van der Waals surface area contributed by atoms with Crippen LogP contribution in [-0.2, 0) is 9.59 Å². The van der Waals surface area contributed by atoms with Crippen LogP contribution in [0.2, 0.25) is 0 Å². The molecule has 2 aliphatic heterocycles. The van der Waals surface area contributed by atoms with E-state index < -0.39 is 18.0 Å². The largest absolute Gasteiger partial charge is 0.359 e. The Balaban J connectivity index is 1.34. The van der Waals surface area contributed by atoms with Gasteiger partial charge in [-0.1, -0.05) is 75.0 Å². The second-order valence-electron chi connectivity index (χ2n) is 10.3. The summed E-state index contributed by atoms with van der Waals surface area (Å²) in [7, 11) is 0. The molecule has 2 saturated heterocycles. The van der Waals surface area contributed by atoms with Crippen LogP contribution in [0.1, 0.15) is 42.7 Å². The number of nitrogens with zero attached hydrogens (tertiary/aromatic N) is 3. The molecule has 0 unspecified atom stereocenters. The third-order valence-corrected chi connectivity index (χ3v) is 7.30. The lowest BCUT2D eigenvalue weighted by Crippen LogP contribution is -2.52. The van der Waals surface area contributed by atoms with Gasteiger partial charge in [-0.3, -0.25) is 14.4 Å². The van der Waals surface area contributed by atoms with Crippen molar-refractivity contribution < 1.29 is 14.4 Å². The Kier molecular flexibility index (Phi) is 6.78. The summed E-state index contributed by atoms with van der Waals surface area (Å²) < 4.78 is 0. The first kappa shape index (κ1) is 24.7. The van der Waals surface area contributed by atoms with Crippen molar-refractivity contribution in [2.45, 2.75) is 44.8 Å². The van der Waals surface area contributed by atoms with Crippen LogP contribution in [0.25, 0.3) is 16.6 Å². The monoisotopic (exact) mass is 496 g/mol. The zero-order chi connectivity index (χ0) is 26.1. The summed E-state index contributed by atoms with van der Waals surface area (Å²) in [4.78, 5) is 48.3. The molecular weight excluding hydrogens is 464 g/mol. The first-order chi connectivity index (χ1) is 17.8. The minimum Gasteiger partial charge on any atom is -0.359 e. The van der Waals surface area contributed by atoms with Gasteiger partial charge in [0.15, 0.2) is 5.78 Å². The maximum Gasteiger partial charge on any atom is 0.270 e. The molecule has 2 aliphatic rings. The summed E-state index contributed by atoms with van der Waals surface area (Å²) in [6, 6.07) is 19.5. The molecule has 5 rings (SSSR count). The van der Waals surface area contributed by atoms with Gasteiger partial charge in [0.2, 0.25) is 5.91 Å². The minimum absolute atomic E-state index is 0.0127. The van der Waals surface area contributed by atoms with Crippen LogP contribution in [-0.4, -0.2) is 63.6 Å². The average molecular weight is 497 g/mol. The zero-order valence-corrected chi connectivity index (χ0v) is 21.3. The molecule has 3 heterocycles. The van der Waals surface area contributed by atoms with Gasteiger partial charge in [0.05, 0.1) is 18.1 Å². The molecule has 1 aromatic heterocycles. The SMILES string of the molecule is C=C(c1ccccc1)N1CC(=O)[C@@H]2[C@H]1CCN2C(=O)[C@H](CC(C)C)NC(=O)c1ccc2ccccc2n1. The van der Waals surface area contributed by atoms with Gasteiger partial charge in [0.25, 0.3) is 5.91 Å².